The number of aryl methyl sites for hydroxylation is 1. The maximum Gasteiger partial charge on any atom is 0.251 e. The van der Waals surface area contributed by atoms with Gasteiger partial charge in [0.2, 0.25) is 0 Å². The Labute approximate surface area is 137 Å². The number of thioether (sulfide) groups is 1. The smallest absolute Gasteiger partial charge is 0.251 e. The van der Waals surface area contributed by atoms with Gasteiger partial charge in [-0.15, -0.1) is 0 Å². The molecule has 0 aliphatic heterocycles. The Morgan fingerprint density at radius 3 is 2.27 bits per heavy atom. The quantitative estimate of drug-likeness (QED) is 0.834. The van der Waals surface area contributed by atoms with E-state index in [2.05, 4.69) is 49.7 Å². The number of carbonyl (C=O) groups excluding carboxylic acids is 1. The van der Waals surface area contributed by atoms with Crippen LogP contribution in [0.5, 0.6) is 0 Å². The minimum absolute atomic E-state index is 0.0110. The molecule has 1 unspecified atom stereocenters. The Balaban J connectivity index is 2.06. The highest BCUT2D eigenvalue weighted by Gasteiger charge is 2.13. The third-order valence-electron chi connectivity index (χ3n) is 3.72. The summed E-state index contributed by atoms with van der Waals surface area (Å²) >= 11 is 1.78. The van der Waals surface area contributed by atoms with Crippen molar-refractivity contribution in [3.8, 4) is 0 Å². The van der Waals surface area contributed by atoms with Gasteiger partial charge in [0.1, 0.15) is 0 Å². The number of benzene rings is 2. The van der Waals surface area contributed by atoms with Crippen LogP contribution in [-0.4, -0.2) is 12.2 Å². The second kappa shape index (κ2) is 8.04. The zero-order valence-corrected chi connectivity index (χ0v) is 14.2. The molecule has 2 rings (SSSR count). The van der Waals surface area contributed by atoms with Crippen molar-refractivity contribution in [3.05, 3.63) is 70.8 Å². The lowest BCUT2D eigenvalue weighted by Crippen LogP contribution is -2.28. The SMILES string of the molecule is CCC(NC(=O)c1ccc(CSC)cc1)c1ccc(C)cc1. The lowest BCUT2D eigenvalue weighted by Gasteiger charge is -2.18. The van der Waals surface area contributed by atoms with E-state index >= 15 is 0 Å². The molecule has 116 valence electrons. The van der Waals surface area contributed by atoms with Gasteiger partial charge < -0.3 is 5.32 Å². The van der Waals surface area contributed by atoms with Crippen LogP contribution < -0.4 is 5.32 Å². The van der Waals surface area contributed by atoms with Crippen molar-refractivity contribution in [3.63, 3.8) is 0 Å². The number of hydrogen-bond donors (Lipinski definition) is 1. The Bertz CT molecular complexity index is 604. The summed E-state index contributed by atoms with van der Waals surface area (Å²) < 4.78 is 0. The number of hydrogen-bond acceptors (Lipinski definition) is 2. The van der Waals surface area contributed by atoms with Gasteiger partial charge >= 0.3 is 0 Å². The Morgan fingerprint density at radius 2 is 1.73 bits per heavy atom. The lowest BCUT2D eigenvalue weighted by molar-refractivity contribution is 0.0935. The van der Waals surface area contributed by atoms with Gasteiger partial charge in [0.05, 0.1) is 6.04 Å². The number of carbonyl (C=O) groups is 1. The molecule has 0 aliphatic rings. The van der Waals surface area contributed by atoms with Gasteiger partial charge in [-0.25, -0.2) is 0 Å². The van der Waals surface area contributed by atoms with Gasteiger partial charge in [-0.3, -0.25) is 4.79 Å². The van der Waals surface area contributed by atoms with Gasteiger partial charge in [-0.2, -0.15) is 11.8 Å². The third-order valence-corrected chi connectivity index (χ3v) is 4.34. The van der Waals surface area contributed by atoms with Crippen LogP contribution in [-0.2, 0) is 5.75 Å². The molecule has 1 N–H and O–H groups in total. The minimum Gasteiger partial charge on any atom is -0.345 e. The monoisotopic (exact) mass is 313 g/mol. The molecule has 0 fully saturated rings. The van der Waals surface area contributed by atoms with Crippen molar-refractivity contribution < 1.29 is 4.79 Å². The Hall–Kier alpha value is -1.74. The predicted octanol–water partition coefficient (Wildman–Crippen LogP) is 4.74. The van der Waals surface area contributed by atoms with E-state index < -0.39 is 0 Å². The topological polar surface area (TPSA) is 29.1 Å². The second-order valence-corrected chi connectivity index (χ2v) is 6.34. The minimum atomic E-state index is -0.0110. The molecule has 1 amide bonds. The molecule has 0 saturated heterocycles. The van der Waals surface area contributed by atoms with Crippen molar-refractivity contribution >= 4 is 17.7 Å². The molecular weight excluding hydrogens is 290 g/mol. The molecule has 0 heterocycles. The van der Waals surface area contributed by atoms with Crippen molar-refractivity contribution in [1.82, 2.24) is 5.32 Å². The highest BCUT2D eigenvalue weighted by molar-refractivity contribution is 7.97. The average Bonchev–Trinajstić information content (AvgIpc) is 2.54. The molecule has 2 aromatic rings. The van der Waals surface area contributed by atoms with Gasteiger partial charge in [0.25, 0.3) is 5.91 Å². The molecule has 2 aromatic carbocycles. The van der Waals surface area contributed by atoms with E-state index in [1.807, 2.05) is 24.3 Å². The van der Waals surface area contributed by atoms with Crippen LogP contribution in [0, 0.1) is 6.92 Å². The summed E-state index contributed by atoms with van der Waals surface area (Å²) in [7, 11) is 0. The van der Waals surface area contributed by atoms with Crippen LogP contribution in [0.25, 0.3) is 0 Å². The highest BCUT2D eigenvalue weighted by atomic mass is 32.2. The van der Waals surface area contributed by atoms with Gasteiger partial charge in [-0.05, 0) is 42.9 Å². The van der Waals surface area contributed by atoms with E-state index in [-0.39, 0.29) is 11.9 Å². The molecule has 0 saturated carbocycles. The normalized spacial score (nSPS) is 12.0. The van der Waals surface area contributed by atoms with E-state index in [4.69, 9.17) is 0 Å². The van der Waals surface area contributed by atoms with E-state index in [1.165, 1.54) is 11.1 Å². The number of rotatable bonds is 6. The fraction of sp³-hybridized carbons (Fsp3) is 0.316. The van der Waals surface area contributed by atoms with E-state index in [0.29, 0.717) is 0 Å². The second-order valence-electron chi connectivity index (χ2n) is 5.47. The highest BCUT2D eigenvalue weighted by Crippen LogP contribution is 2.18. The molecule has 0 spiro atoms. The Kier molecular flexibility index (Phi) is 6.08. The van der Waals surface area contributed by atoms with Gasteiger partial charge in [0.15, 0.2) is 0 Å². The first-order valence-corrected chi connectivity index (χ1v) is 8.98. The Morgan fingerprint density at radius 1 is 1.09 bits per heavy atom. The van der Waals surface area contributed by atoms with Crippen LogP contribution in [0.1, 0.15) is 46.4 Å². The van der Waals surface area contributed by atoms with Crippen molar-refractivity contribution in [2.24, 2.45) is 0 Å². The lowest BCUT2D eigenvalue weighted by atomic mass is 10.0. The molecule has 22 heavy (non-hydrogen) atoms. The first-order valence-electron chi connectivity index (χ1n) is 7.59. The predicted molar refractivity (Wildman–Crippen MR) is 95.3 cm³/mol. The number of amides is 1. The zero-order chi connectivity index (χ0) is 15.9. The summed E-state index contributed by atoms with van der Waals surface area (Å²) in [6, 6.07) is 16.3. The summed E-state index contributed by atoms with van der Waals surface area (Å²) in [4.78, 5) is 12.4. The van der Waals surface area contributed by atoms with Crippen LogP contribution >= 0.6 is 11.8 Å². The maximum absolute atomic E-state index is 12.4. The van der Waals surface area contributed by atoms with Crippen LogP contribution in [0.3, 0.4) is 0 Å². The molecule has 0 aromatic heterocycles. The molecule has 3 heteroatoms. The van der Waals surface area contributed by atoms with E-state index in [1.54, 1.807) is 11.8 Å². The molecule has 1 atom stereocenters. The molecule has 0 aliphatic carbocycles. The van der Waals surface area contributed by atoms with E-state index in [0.717, 1.165) is 23.3 Å². The first-order chi connectivity index (χ1) is 10.6. The first kappa shape index (κ1) is 16.6. The largest absolute Gasteiger partial charge is 0.345 e. The summed E-state index contributed by atoms with van der Waals surface area (Å²) in [5.41, 5.74) is 4.35. The summed E-state index contributed by atoms with van der Waals surface area (Å²) in [5.74, 6) is 0.964. The van der Waals surface area contributed by atoms with Gasteiger partial charge in [0, 0.05) is 11.3 Å². The molecular formula is C19H23NOS. The van der Waals surface area contributed by atoms with Gasteiger partial charge in [-0.1, -0.05) is 48.9 Å². The molecule has 2 nitrogen and oxygen atoms in total. The summed E-state index contributed by atoms with van der Waals surface area (Å²) in [6.45, 7) is 4.16. The van der Waals surface area contributed by atoms with Crippen molar-refractivity contribution in [2.45, 2.75) is 32.1 Å². The molecule has 0 radical (unpaired) electrons. The van der Waals surface area contributed by atoms with Crippen LogP contribution in [0.15, 0.2) is 48.5 Å². The fourth-order valence-corrected chi connectivity index (χ4v) is 2.91. The fourth-order valence-electron chi connectivity index (χ4n) is 2.38. The standard InChI is InChI=1S/C19H23NOS/c1-4-18(16-9-5-14(2)6-10-16)20-19(21)17-11-7-15(8-12-17)13-22-3/h5-12,18H,4,13H2,1-3H3,(H,20,21). The zero-order valence-electron chi connectivity index (χ0n) is 13.4. The number of nitrogens with one attached hydrogen (secondary N) is 1. The van der Waals surface area contributed by atoms with Crippen LogP contribution in [0.4, 0.5) is 0 Å². The van der Waals surface area contributed by atoms with Crippen molar-refractivity contribution in [1.29, 1.82) is 0 Å². The molecule has 0 bridgehead atoms. The van der Waals surface area contributed by atoms with E-state index in [9.17, 15) is 4.79 Å². The third kappa shape index (κ3) is 4.38. The average molecular weight is 313 g/mol. The van der Waals surface area contributed by atoms with Crippen LogP contribution in [0.2, 0.25) is 0 Å². The van der Waals surface area contributed by atoms with Crippen molar-refractivity contribution in [2.75, 3.05) is 6.26 Å². The summed E-state index contributed by atoms with van der Waals surface area (Å²) in [5, 5.41) is 3.13. The maximum atomic E-state index is 12.4. The summed E-state index contributed by atoms with van der Waals surface area (Å²) in [6.07, 6.45) is 2.95.